The third kappa shape index (κ3) is 3.02. The van der Waals surface area contributed by atoms with Gasteiger partial charge in [-0.1, -0.05) is 23.8 Å². The van der Waals surface area contributed by atoms with Crippen molar-refractivity contribution in [1.29, 1.82) is 0 Å². The van der Waals surface area contributed by atoms with Crippen LogP contribution >= 0.6 is 23.8 Å². The predicted molar refractivity (Wildman–Crippen MR) is 76.9 cm³/mol. The highest BCUT2D eigenvalue weighted by Gasteiger charge is 2.13. The molecule has 0 aromatic heterocycles. The predicted octanol–water partition coefficient (Wildman–Crippen LogP) is 4.14. The van der Waals surface area contributed by atoms with E-state index in [1.54, 1.807) is 0 Å². The highest BCUT2D eigenvalue weighted by atomic mass is 35.5. The zero-order valence-corrected chi connectivity index (χ0v) is 11.5. The molecule has 104 valence electrons. The van der Waals surface area contributed by atoms with E-state index in [-0.39, 0.29) is 26.9 Å². The van der Waals surface area contributed by atoms with E-state index in [9.17, 15) is 13.2 Å². The fourth-order valence-electron chi connectivity index (χ4n) is 1.63. The average molecular weight is 317 g/mol. The minimum absolute atomic E-state index is 0.0642. The molecule has 0 aliphatic carbocycles. The van der Waals surface area contributed by atoms with Gasteiger partial charge < -0.3 is 11.1 Å². The Hall–Kier alpha value is -1.79. The Morgan fingerprint density at radius 3 is 2.40 bits per heavy atom. The van der Waals surface area contributed by atoms with E-state index >= 15 is 0 Å². The van der Waals surface area contributed by atoms with Gasteiger partial charge in [0.1, 0.15) is 16.6 Å². The largest absolute Gasteiger partial charge is 0.389 e. The van der Waals surface area contributed by atoms with Crippen LogP contribution in [0.15, 0.2) is 30.3 Å². The molecular formula is C13H8ClF3N2S. The third-order valence-corrected chi connectivity index (χ3v) is 3.03. The summed E-state index contributed by atoms with van der Waals surface area (Å²) in [5, 5.41) is 2.48. The summed E-state index contributed by atoms with van der Waals surface area (Å²) in [6.45, 7) is 0. The van der Waals surface area contributed by atoms with Gasteiger partial charge in [0, 0.05) is 17.3 Å². The molecule has 2 aromatic rings. The molecule has 0 saturated carbocycles. The van der Waals surface area contributed by atoms with E-state index in [0.29, 0.717) is 6.07 Å². The molecule has 2 aromatic carbocycles. The van der Waals surface area contributed by atoms with Gasteiger partial charge >= 0.3 is 0 Å². The van der Waals surface area contributed by atoms with Crippen LogP contribution in [0.1, 0.15) is 5.56 Å². The minimum Gasteiger partial charge on any atom is -0.389 e. The smallest absolute Gasteiger partial charge is 0.151 e. The first-order valence-electron chi connectivity index (χ1n) is 5.39. The molecule has 0 fully saturated rings. The second-order valence-corrected chi connectivity index (χ2v) is 4.77. The highest BCUT2D eigenvalue weighted by Crippen LogP contribution is 2.31. The first-order chi connectivity index (χ1) is 9.38. The third-order valence-electron chi connectivity index (χ3n) is 2.51. The molecule has 2 nitrogen and oxygen atoms in total. The monoisotopic (exact) mass is 316 g/mol. The van der Waals surface area contributed by atoms with Gasteiger partial charge in [0.2, 0.25) is 0 Å². The summed E-state index contributed by atoms with van der Waals surface area (Å²) in [6.07, 6.45) is 0. The lowest BCUT2D eigenvalue weighted by Crippen LogP contribution is -2.12. The first kappa shape index (κ1) is 14.6. The molecule has 0 radical (unpaired) electrons. The number of anilines is 2. The normalized spacial score (nSPS) is 10.4. The molecule has 7 heteroatoms. The Balaban J connectivity index is 2.48. The van der Waals surface area contributed by atoms with Crippen molar-refractivity contribution in [2.45, 2.75) is 0 Å². The highest BCUT2D eigenvalue weighted by molar-refractivity contribution is 7.80. The van der Waals surface area contributed by atoms with E-state index in [4.69, 9.17) is 29.6 Å². The molecule has 0 unspecified atom stereocenters. The Labute approximate surface area is 123 Å². The summed E-state index contributed by atoms with van der Waals surface area (Å²) in [5.74, 6) is -2.22. The molecule has 20 heavy (non-hydrogen) atoms. The van der Waals surface area contributed by atoms with Crippen molar-refractivity contribution >= 4 is 40.2 Å². The number of thiocarbonyl (C=S) groups is 1. The fourth-order valence-corrected chi connectivity index (χ4v) is 2.04. The Kier molecular flexibility index (Phi) is 4.15. The van der Waals surface area contributed by atoms with Crippen LogP contribution < -0.4 is 11.1 Å². The van der Waals surface area contributed by atoms with E-state index in [1.807, 2.05) is 0 Å². The van der Waals surface area contributed by atoms with Crippen LogP contribution in [-0.4, -0.2) is 4.99 Å². The molecule has 0 aliphatic heterocycles. The maximum absolute atomic E-state index is 13.7. The molecule has 0 atom stereocenters. The van der Waals surface area contributed by atoms with Crippen molar-refractivity contribution in [3.8, 4) is 0 Å². The van der Waals surface area contributed by atoms with E-state index in [0.717, 1.165) is 18.2 Å². The molecule has 0 spiro atoms. The number of hydrogen-bond acceptors (Lipinski definition) is 2. The molecule has 0 bridgehead atoms. The number of rotatable bonds is 3. The summed E-state index contributed by atoms with van der Waals surface area (Å²) in [5.41, 5.74) is 5.80. The van der Waals surface area contributed by atoms with E-state index < -0.39 is 17.5 Å². The van der Waals surface area contributed by atoms with Crippen molar-refractivity contribution in [3.63, 3.8) is 0 Å². The zero-order valence-electron chi connectivity index (χ0n) is 9.88. The van der Waals surface area contributed by atoms with Crippen LogP contribution in [0.3, 0.4) is 0 Å². The van der Waals surface area contributed by atoms with Crippen molar-refractivity contribution in [3.05, 3.63) is 58.4 Å². The molecule has 3 N–H and O–H groups in total. The van der Waals surface area contributed by atoms with Gasteiger partial charge in [-0.25, -0.2) is 13.2 Å². The zero-order chi connectivity index (χ0) is 14.9. The Morgan fingerprint density at radius 2 is 1.80 bits per heavy atom. The van der Waals surface area contributed by atoms with E-state index in [1.165, 1.54) is 6.07 Å². The van der Waals surface area contributed by atoms with Crippen molar-refractivity contribution in [1.82, 2.24) is 0 Å². The average Bonchev–Trinajstić information content (AvgIpc) is 2.34. The fraction of sp³-hybridized carbons (Fsp3) is 0. The lowest BCUT2D eigenvalue weighted by molar-refractivity contribution is 0.586. The van der Waals surface area contributed by atoms with Crippen molar-refractivity contribution in [2.75, 3.05) is 5.32 Å². The van der Waals surface area contributed by atoms with Gasteiger partial charge in [-0.15, -0.1) is 0 Å². The molecule has 0 saturated heterocycles. The maximum atomic E-state index is 13.7. The summed E-state index contributed by atoms with van der Waals surface area (Å²) >= 11 is 10.6. The minimum atomic E-state index is -0.881. The van der Waals surface area contributed by atoms with Crippen LogP contribution in [-0.2, 0) is 0 Å². The second-order valence-electron chi connectivity index (χ2n) is 3.92. The maximum Gasteiger partial charge on any atom is 0.151 e. The van der Waals surface area contributed by atoms with Gasteiger partial charge in [-0.2, -0.15) is 0 Å². The number of halogens is 4. The second kappa shape index (κ2) is 5.68. The lowest BCUT2D eigenvalue weighted by Gasteiger charge is -2.13. The number of hydrogen-bond donors (Lipinski definition) is 2. The Morgan fingerprint density at radius 1 is 1.10 bits per heavy atom. The summed E-state index contributed by atoms with van der Waals surface area (Å²) in [7, 11) is 0. The van der Waals surface area contributed by atoms with Crippen molar-refractivity contribution in [2.24, 2.45) is 5.73 Å². The SMILES string of the molecule is NC(=S)c1cc(F)ccc1Nc1c(F)cc(F)cc1Cl. The molecule has 0 aliphatic rings. The molecule has 0 amide bonds. The molecule has 2 rings (SSSR count). The topological polar surface area (TPSA) is 38.0 Å². The standard InChI is InChI=1S/C13H8ClF3N2S/c14-9-4-7(16)5-10(17)12(9)19-11-2-1-6(15)3-8(11)13(18)20/h1-5,19H,(H2,18,20). The van der Waals surface area contributed by atoms with Crippen LogP contribution in [0.25, 0.3) is 0 Å². The first-order valence-corrected chi connectivity index (χ1v) is 6.18. The van der Waals surface area contributed by atoms with Crippen molar-refractivity contribution < 1.29 is 13.2 Å². The van der Waals surface area contributed by atoms with E-state index in [2.05, 4.69) is 5.32 Å². The number of benzene rings is 2. The number of nitrogens with two attached hydrogens (primary N) is 1. The summed E-state index contributed by atoms with van der Waals surface area (Å²) in [6, 6.07) is 5.23. The summed E-state index contributed by atoms with van der Waals surface area (Å²) in [4.78, 5) is -0.0642. The molecular weight excluding hydrogens is 309 g/mol. The Bertz CT molecular complexity index is 668. The molecule has 0 heterocycles. The summed E-state index contributed by atoms with van der Waals surface area (Å²) < 4.78 is 39.8. The van der Waals surface area contributed by atoms with Gasteiger partial charge in [0.15, 0.2) is 5.82 Å². The van der Waals surface area contributed by atoms with Crippen LogP contribution in [0.5, 0.6) is 0 Å². The van der Waals surface area contributed by atoms with Gasteiger partial charge in [-0.3, -0.25) is 0 Å². The lowest BCUT2D eigenvalue weighted by atomic mass is 10.1. The van der Waals surface area contributed by atoms with Gasteiger partial charge in [0.25, 0.3) is 0 Å². The number of nitrogens with one attached hydrogen (secondary N) is 1. The quantitative estimate of drug-likeness (QED) is 0.836. The van der Waals surface area contributed by atoms with Crippen LogP contribution in [0, 0.1) is 17.5 Å². The van der Waals surface area contributed by atoms with Crippen LogP contribution in [0.2, 0.25) is 5.02 Å². The van der Waals surface area contributed by atoms with Gasteiger partial charge in [0.05, 0.1) is 10.7 Å². The van der Waals surface area contributed by atoms with Gasteiger partial charge in [-0.05, 0) is 24.3 Å². The van der Waals surface area contributed by atoms with Crippen LogP contribution in [0.4, 0.5) is 24.5 Å².